The van der Waals surface area contributed by atoms with Crippen molar-refractivity contribution in [3.63, 3.8) is 0 Å². The van der Waals surface area contributed by atoms with E-state index in [0.717, 1.165) is 32.0 Å². The molecular formula is C23H24N4O4S. The number of carbonyl (C=O) groups is 1. The zero-order chi connectivity index (χ0) is 23.3. The van der Waals surface area contributed by atoms with Crippen LogP contribution in [0.5, 0.6) is 5.88 Å². The first-order valence-electron chi connectivity index (χ1n) is 9.86. The molecule has 0 aliphatic heterocycles. The Morgan fingerprint density at radius 1 is 1.03 bits per heavy atom. The molecule has 166 valence electrons. The summed E-state index contributed by atoms with van der Waals surface area (Å²) in [5.41, 5.74) is 1.09. The molecule has 1 aromatic heterocycles. The molecule has 0 saturated heterocycles. The van der Waals surface area contributed by atoms with Gasteiger partial charge in [-0.1, -0.05) is 59.8 Å². The summed E-state index contributed by atoms with van der Waals surface area (Å²) >= 11 is 1.02. The van der Waals surface area contributed by atoms with Crippen LogP contribution in [0.4, 0.5) is 5.69 Å². The third-order valence-electron chi connectivity index (χ3n) is 4.78. The van der Waals surface area contributed by atoms with Crippen molar-refractivity contribution >= 4 is 28.4 Å². The number of carbonyl (C=O) groups excluding carboxylic acids is 1. The van der Waals surface area contributed by atoms with Crippen LogP contribution in [0.3, 0.4) is 0 Å². The van der Waals surface area contributed by atoms with Crippen molar-refractivity contribution in [3.8, 4) is 5.88 Å². The Bertz CT molecular complexity index is 1260. The quantitative estimate of drug-likeness (QED) is 0.441. The van der Waals surface area contributed by atoms with E-state index in [1.165, 1.54) is 14.1 Å². The molecule has 0 saturated carbocycles. The number of aromatic hydroxyl groups is 1. The second-order valence-corrected chi connectivity index (χ2v) is 8.17. The van der Waals surface area contributed by atoms with E-state index in [1.807, 2.05) is 49.4 Å². The molecule has 0 fully saturated rings. The highest BCUT2D eigenvalue weighted by molar-refractivity contribution is 8.15. The number of thioether (sulfide) groups is 1. The number of amides is 1. The maximum atomic E-state index is 12.8. The van der Waals surface area contributed by atoms with E-state index in [9.17, 15) is 19.5 Å². The van der Waals surface area contributed by atoms with Crippen LogP contribution < -0.4 is 16.6 Å². The van der Waals surface area contributed by atoms with Crippen LogP contribution in [0, 0.1) is 6.92 Å². The number of nitrogens with one attached hydrogen (secondary N) is 1. The van der Waals surface area contributed by atoms with Crippen LogP contribution in [-0.2, 0) is 25.4 Å². The minimum absolute atomic E-state index is 0.0248. The van der Waals surface area contributed by atoms with Gasteiger partial charge in [0.05, 0.1) is 11.4 Å². The standard InChI is InChI=1S/C23H24N4O4S/c1-15-9-11-17(12-10-15)25-20(19-21(29)26(2)23(31)27(3)22(19)30)32-14-18(28)24-13-16-7-5-4-6-8-16/h4-12,29H,13-14H2,1-3H3,(H,24,28). The number of aliphatic imine (C=N–C) groups is 1. The predicted octanol–water partition coefficient (Wildman–Crippen LogP) is 2.23. The van der Waals surface area contributed by atoms with Crippen LogP contribution >= 0.6 is 11.8 Å². The molecule has 3 rings (SSSR count). The molecule has 0 unspecified atom stereocenters. The molecule has 0 radical (unpaired) electrons. The van der Waals surface area contributed by atoms with E-state index in [1.54, 1.807) is 12.1 Å². The minimum atomic E-state index is -0.686. The average molecular weight is 453 g/mol. The number of benzene rings is 2. The Balaban J connectivity index is 1.91. The van der Waals surface area contributed by atoms with Crippen LogP contribution in [-0.4, -0.2) is 30.9 Å². The molecule has 0 aliphatic rings. The number of nitrogens with zero attached hydrogens (tertiary/aromatic N) is 3. The third kappa shape index (κ3) is 5.36. The first-order valence-corrected chi connectivity index (χ1v) is 10.8. The topological polar surface area (TPSA) is 106 Å². The lowest BCUT2D eigenvalue weighted by molar-refractivity contribution is -0.118. The normalized spacial score (nSPS) is 11.4. The fraction of sp³-hybridized carbons (Fsp3) is 0.217. The molecule has 1 heterocycles. The minimum Gasteiger partial charge on any atom is -0.494 e. The van der Waals surface area contributed by atoms with Crippen molar-refractivity contribution in [2.45, 2.75) is 13.5 Å². The van der Waals surface area contributed by atoms with E-state index in [2.05, 4.69) is 10.3 Å². The smallest absolute Gasteiger partial charge is 0.333 e. The summed E-state index contributed by atoms with van der Waals surface area (Å²) in [5, 5.41) is 13.5. The summed E-state index contributed by atoms with van der Waals surface area (Å²) in [5.74, 6) is -0.777. The van der Waals surface area contributed by atoms with E-state index in [-0.39, 0.29) is 22.3 Å². The zero-order valence-corrected chi connectivity index (χ0v) is 18.8. The van der Waals surface area contributed by atoms with Crippen LogP contribution in [0.2, 0.25) is 0 Å². The van der Waals surface area contributed by atoms with Crippen LogP contribution in [0.1, 0.15) is 16.7 Å². The van der Waals surface area contributed by atoms with Gasteiger partial charge < -0.3 is 10.4 Å². The molecule has 0 bridgehead atoms. The summed E-state index contributed by atoms with van der Waals surface area (Å²) in [7, 11) is 2.69. The summed E-state index contributed by atoms with van der Waals surface area (Å²) in [6.45, 7) is 2.31. The van der Waals surface area contributed by atoms with Gasteiger partial charge >= 0.3 is 5.69 Å². The van der Waals surface area contributed by atoms with E-state index in [0.29, 0.717) is 12.2 Å². The van der Waals surface area contributed by atoms with E-state index >= 15 is 0 Å². The SMILES string of the molecule is Cc1ccc(N=C(SCC(=O)NCc2ccccc2)c2c(O)n(C)c(=O)n(C)c2=O)cc1. The molecule has 32 heavy (non-hydrogen) atoms. The number of hydrogen-bond donors (Lipinski definition) is 2. The van der Waals surface area contributed by atoms with Crippen molar-refractivity contribution in [3.05, 3.63) is 92.1 Å². The second kappa shape index (κ2) is 10.1. The molecule has 2 N–H and O–H groups in total. The highest BCUT2D eigenvalue weighted by atomic mass is 32.2. The maximum Gasteiger partial charge on any atom is 0.333 e. The Morgan fingerprint density at radius 2 is 1.69 bits per heavy atom. The monoisotopic (exact) mass is 452 g/mol. The lowest BCUT2D eigenvalue weighted by Gasteiger charge is -2.12. The van der Waals surface area contributed by atoms with Gasteiger partial charge in [0.25, 0.3) is 5.56 Å². The molecule has 0 aliphatic carbocycles. The molecule has 0 spiro atoms. The predicted molar refractivity (Wildman–Crippen MR) is 127 cm³/mol. The Labute approximate surface area is 189 Å². The number of rotatable bonds is 6. The van der Waals surface area contributed by atoms with Gasteiger partial charge in [-0.05, 0) is 24.6 Å². The molecular weight excluding hydrogens is 428 g/mol. The van der Waals surface area contributed by atoms with Crippen LogP contribution in [0.25, 0.3) is 0 Å². The molecule has 0 atom stereocenters. The van der Waals surface area contributed by atoms with Crippen molar-refractivity contribution < 1.29 is 9.90 Å². The second-order valence-electron chi connectivity index (χ2n) is 7.21. The largest absolute Gasteiger partial charge is 0.494 e. The van der Waals surface area contributed by atoms with E-state index < -0.39 is 17.1 Å². The highest BCUT2D eigenvalue weighted by Gasteiger charge is 2.21. The lowest BCUT2D eigenvalue weighted by atomic mass is 10.2. The summed E-state index contributed by atoms with van der Waals surface area (Å²) < 4.78 is 1.87. The number of aryl methyl sites for hydroxylation is 1. The number of hydrogen-bond acceptors (Lipinski definition) is 6. The lowest BCUT2D eigenvalue weighted by Crippen LogP contribution is -2.39. The van der Waals surface area contributed by atoms with Gasteiger partial charge in [0.1, 0.15) is 10.6 Å². The summed E-state index contributed by atoms with van der Waals surface area (Å²) in [6.07, 6.45) is 0. The Morgan fingerprint density at radius 3 is 2.34 bits per heavy atom. The van der Waals surface area contributed by atoms with Gasteiger partial charge in [-0.15, -0.1) is 0 Å². The molecule has 3 aromatic rings. The molecule has 1 amide bonds. The Hall–Kier alpha value is -3.59. The summed E-state index contributed by atoms with van der Waals surface area (Å²) in [4.78, 5) is 41.8. The van der Waals surface area contributed by atoms with Crippen molar-refractivity contribution in [1.29, 1.82) is 0 Å². The van der Waals surface area contributed by atoms with Gasteiger partial charge in [-0.2, -0.15) is 0 Å². The van der Waals surface area contributed by atoms with Crippen molar-refractivity contribution in [2.24, 2.45) is 19.1 Å². The maximum absolute atomic E-state index is 12.8. The van der Waals surface area contributed by atoms with E-state index in [4.69, 9.17) is 0 Å². The van der Waals surface area contributed by atoms with Crippen LogP contribution in [0.15, 0.2) is 69.2 Å². The molecule has 2 aromatic carbocycles. The van der Waals surface area contributed by atoms with Gasteiger partial charge in [-0.3, -0.25) is 18.7 Å². The first kappa shape index (κ1) is 23.1. The number of aromatic nitrogens is 2. The first-order chi connectivity index (χ1) is 15.3. The van der Waals surface area contributed by atoms with Gasteiger partial charge in [0, 0.05) is 20.6 Å². The van der Waals surface area contributed by atoms with Gasteiger partial charge in [0.2, 0.25) is 11.8 Å². The third-order valence-corrected chi connectivity index (χ3v) is 5.76. The Kier molecular flexibility index (Phi) is 7.32. The van der Waals surface area contributed by atoms with Gasteiger partial charge in [-0.25, -0.2) is 9.79 Å². The van der Waals surface area contributed by atoms with Gasteiger partial charge in [0.15, 0.2) is 0 Å². The molecule has 8 nitrogen and oxygen atoms in total. The summed E-state index contributed by atoms with van der Waals surface area (Å²) in [6, 6.07) is 16.8. The molecule has 9 heteroatoms. The highest BCUT2D eigenvalue weighted by Crippen LogP contribution is 2.23. The van der Waals surface area contributed by atoms with Crippen molar-refractivity contribution in [1.82, 2.24) is 14.5 Å². The fourth-order valence-electron chi connectivity index (χ4n) is 2.90. The average Bonchev–Trinajstić information content (AvgIpc) is 2.80. The zero-order valence-electron chi connectivity index (χ0n) is 18.0. The fourth-order valence-corrected chi connectivity index (χ4v) is 3.76. The van der Waals surface area contributed by atoms with Crippen molar-refractivity contribution in [2.75, 3.05) is 5.75 Å².